The number of rotatable bonds is 3. The third-order valence-corrected chi connectivity index (χ3v) is 3.45. The van der Waals surface area contributed by atoms with Crippen LogP contribution >= 0.6 is 0 Å². The minimum absolute atomic E-state index is 0.0481. The summed E-state index contributed by atoms with van der Waals surface area (Å²) in [6.07, 6.45) is -0.0481. The molecule has 1 N–H and O–H groups in total. The van der Waals surface area contributed by atoms with Gasteiger partial charge >= 0.3 is 5.97 Å². The van der Waals surface area contributed by atoms with E-state index in [0.29, 0.717) is 5.69 Å². The van der Waals surface area contributed by atoms with Gasteiger partial charge in [0, 0.05) is 5.39 Å². The molecule has 0 aliphatic heterocycles. The molecule has 2 aromatic carbocycles. The summed E-state index contributed by atoms with van der Waals surface area (Å²) < 4.78 is 1.75. The molecule has 1 aromatic heterocycles. The van der Waals surface area contributed by atoms with Crippen molar-refractivity contribution in [2.24, 2.45) is 0 Å². The summed E-state index contributed by atoms with van der Waals surface area (Å²) >= 11 is 0. The Labute approximate surface area is 122 Å². The molecular weight excluding hydrogens is 264 g/mol. The normalized spacial score (nSPS) is 11.0. The third-order valence-electron chi connectivity index (χ3n) is 3.45. The first-order chi connectivity index (χ1) is 10.0. The lowest BCUT2D eigenvalue weighted by Gasteiger charge is -2.08. The zero-order valence-electron chi connectivity index (χ0n) is 12.0. The summed E-state index contributed by atoms with van der Waals surface area (Å²) in [6, 6.07) is 13.8. The zero-order valence-corrected chi connectivity index (χ0v) is 12.0. The van der Waals surface area contributed by atoms with Gasteiger partial charge < -0.3 is 5.11 Å². The van der Waals surface area contributed by atoms with Crippen molar-refractivity contribution in [3.63, 3.8) is 0 Å². The van der Waals surface area contributed by atoms with Crippen LogP contribution in [0.1, 0.15) is 16.8 Å². The molecule has 4 heteroatoms. The molecule has 0 aliphatic carbocycles. The Hall–Kier alpha value is -2.62. The zero-order chi connectivity index (χ0) is 15.0. The fourth-order valence-corrected chi connectivity index (χ4v) is 2.69. The second kappa shape index (κ2) is 5.05. The number of carboxylic acids is 1. The summed E-state index contributed by atoms with van der Waals surface area (Å²) in [5.74, 6) is -0.855. The number of benzene rings is 2. The maximum Gasteiger partial charge on any atom is 0.309 e. The van der Waals surface area contributed by atoms with Crippen LogP contribution in [0.2, 0.25) is 0 Å². The van der Waals surface area contributed by atoms with E-state index in [-0.39, 0.29) is 6.42 Å². The summed E-state index contributed by atoms with van der Waals surface area (Å²) in [4.78, 5) is 11.2. The van der Waals surface area contributed by atoms with Gasteiger partial charge in [0.05, 0.1) is 23.3 Å². The number of hydrogen-bond acceptors (Lipinski definition) is 2. The summed E-state index contributed by atoms with van der Waals surface area (Å²) in [6.45, 7) is 4.05. The quantitative estimate of drug-likeness (QED) is 0.801. The lowest BCUT2D eigenvalue weighted by atomic mass is 10.1. The molecule has 0 spiro atoms. The van der Waals surface area contributed by atoms with Crippen LogP contribution in [0.3, 0.4) is 0 Å². The van der Waals surface area contributed by atoms with Crippen LogP contribution in [0.25, 0.3) is 16.6 Å². The van der Waals surface area contributed by atoms with Gasteiger partial charge in [0.1, 0.15) is 0 Å². The first-order valence-electron chi connectivity index (χ1n) is 6.82. The van der Waals surface area contributed by atoms with E-state index in [4.69, 9.17) is 0 Å². The summed E-state index contributed by atoms with van der Waals surface area (Å²) in [5, 5.41) is 14.6. The van der Waals surface area contributed by atoms with Crippen molar-refractivity contribution >= 4 is 16.9 Å². The summed E-state index contributed by atoms with van der Waals surface area (Å²) in [7, 11) is 0. The Morgan fingerprint density at radius 1 is 1.14 bits per heavy atom. The maximum atomic E-state index is 11.2. The lowest BCUT2D eigenvalue weighted by molar-refractivity contribution is -0.136. The average Bonchev–Trinajstić information content (AvgIpc) is 2.76. The molecule has 0 bridgehead atoms. The standard InChI is InChI=1S/C17H16N2O2/c1-11-7-12(2)9-13(8-11)19-16(10-17(20)21)14-5-3-4-6-15(14)18-19/h3-9H,10H2,1-2H3,(H,20,21). The second-order valence-corrected chi connectivity index (χ2v) is 5.29. The van der Waals surface area contributed by atoms with Crippen molar-refractivity contribution in [1.82, 2.24) is 9.78 Å². The number of carbonyl (C=O) groups is 1. The van der Waals surface area contributed by atoms with Gasteiger partial charge in [-0.15, -0.1) is 0 Å². The van der Waals surface area contributed by atoms with Gasteiger partial charge in [-0.05, 0) is 43.2 Å². The molecule has 21 heavy (non-hydrogen) atoms. The lowest BCUT2D eigenvalue weighted by Crippen LogP contribution is -2.08. The Morgan fingerprint density at radius 2 is 1.81 bits per heavy atom. The number of hydrogen-bond donors (Lipinski definition) is 1. The smallest absolute Gasteiger partial charge is 0.309 e. The SMILES string of the molecule is Cc1cc(C)cc(-n2nc3ccccc3c2CC(=O)O)c1. The van der Waals surface area contributed by atoms with Crippen molar-refractivity contribution in [2.75, 3.05) is 0 Å². The minimum Gasteiger partial charge on any atom is -0.481 e. The number of aryl methyl sites for hydroxylation is 2. The van der Waals surface area contributed by atoms with E-state index in [0.717, 1.165) is 27.7 Å². The predicted octanol–water partition coefficient (Wildman–Crippen LogP) is 3.27. The molecular formula is C17H16N2O2. The molecule has 1 heterocycles. The van der Waals surface area contributed by atoms with Crippen LogP contribution in [0.5, 0.6) is 0 Å². The largest absolute Gasteiger partial charge is 0.481 e. The number of aliphatic carboxylic acids is 1. The Bertz CT molecular complexity index is 814. The molecule has 0 atom stereocenters. The number of carboxylic acid groups (broad SMARTS) is 1. The summed E-state index contributed by atoms with van der Waals surface area (Å²) in [5.41, 5.74) is 4.69. The van der Waals surface area contributed by atoms with Crippen molar-refractivity contribution in [1.29, 1.82) is 0 Å². The van der Waals surface area contributed by atoms with Crippen molar-refractivity contribution in [3.8, 4) is 5.69 Å². The fraction of sp³-hybridized carbons (Fsp3) is 0.176. The van der Waals surface area contributed by atoms with Crippen LogP contribution < -0.4 is 0 Å². The van der Waals surface area contributed by atoms with E-state index in [2.05, 4.69) is 11.2 Å². The predicted molar refractivity (Wildman–Crippen MR) is 81.9 cm³/mol. The third kappa shape index (κ3) is 2.52. The Morgan fingerprint density at radius 3 is 2.48 bits per heavy atom. The van der Waals surface area contributed by atoms with Crippen molar-refractivity contribution in [3.05, 3.63) is 59.3 Å². The molecule has 0 radical (unpaired) electrons. The highest BCUT2D eigenvalue weighted by atomic mass is 16.4. The number of fused-ring (bicyclic) bond motifs is 1. The van der Waals surface area contributed by atoms with Gasteiger partial charge in [0.2, 0.25) is 0 Å². The van der Waals surface area contributed by atoms with Crippen LogP contribution in [0, 0.1) is 13.8 Å². The van der Waals surface area contributed by atoms with E-state index < -0.39 is 5.97 Å². The molecule has 3 aromatic rings. The van der Waals surface area contributed by atoms with Gasteiger partial charge in [0.15, 0.2) is 0 Å². The number of nitrogens with zero attached hydrogens (tertiary/aromatic N) is 2. The molecule has 0 aliphatic rings. The fourth-order valence-electron chi connectivity index (χ4n) is 2.69. The molecule has 3 rings (SSSR count). The van der Waals surface area contributed by atoms with Gasteiger partial charge in [0.25, 0.3) is 0 Å². The van der Waals surface area contributed by atoms with E-state index in [1.807, 2.05) is 50.2 Å². The number of aromatic nitrogens is 2. The highest BCUT2D eigenvalue weighted by Crippen LogP contribution is 2.23. The molecule has 106 valence electrons. The monoisotopic (exact) mass is 280 g/mol. The highest BCUT2D eigenvalue weighted by molar-refractivity contribution is 5.86. The second-order valence-electron chi connectivity index (χ2n) is 5.29. The highest BCUT2D eigenvalue weighted by Gasteiger charge is 2.15. The van der Waals surface area contributed by atoms with Crippen LogP contribution in [0.15, 0.2) is 42.5 Å². The first-order valence-corrected chi connectivity index (χ1v) is 6.82. The van der Waals surface area contributed by atoms with E-state index >= 15 is 0 Å². The van der Waals surface area contributed by atoms with E-state index in [1.165, 1.54) is 0 Å². The Kier molecular flexibility index (Phi) is 3.22. The van der Waals surface area contributed by atoms with E-state index in [1.54, 1.807) is 4.68 Å². The van der Waals surface area contributed by atoms with Gasteiger partial charge in [-0.25, -0.2) is 4.68 Å². The topological polar surface area (TPSA) is 55.1 Å². The van der Waals surface area contributed by atoms with Gasteiger partial charge in [-0.1, -0.05) is 24.3 Å². The molecule has 0 saturated carbocycles. The molecule has 0 saturated heterocycles. The van der Waals surface area contributed by atoms with E-state index in [9.17, 15) is 9.90 Å². The van der Waals surface area contributed by atoms with Crippen LogP contribution in [-0.2, 0) is 11.2 Å². The molecule has 0 amide bonds. The Balaban J connectivity index is 2.27. The molecule has 0 fully saturated rings. The van der Waals surface area contributed by atoms with Crippen LogP contribution in [-0.4, -0.2) is 20.9 Å². The minimum atomic E-state index is -0.855. The maximum absolute atomic E-state index is 11.2. The molecule has 0 unspecified atom stereocenters. The average molecular weight is 280 g/mol. The van der Waals surface area contributed by atoms with Crippen molar-refractivity contribution < 1.29 is 9.90 Å². The first kappa shape index (κ1) is 13.4. The van der Waals surface area contributed by atoms with Crippen molar-refractivity contribution in [2.45, 2.75) is 20.3 Å². The van der Waals surface area contributed by atoms with Crippen LogP contribution in [0.4, 0.5) is 0 Å². The van der Waals surface area contributed by atoms with Gasteiger partial charge in [-0.3, -0.25) is 4.79 Å². The molecule has 4 nitrogen and oxygen atoms in total. The van der Waals surface area contributed by atoms with Gasteiger partial charge in [-0.2, -0.15) is 5.10 Å².